The van der Waals surface area contributed by atoms with Crippen LogP contribution in [-0.2, 0) is 16.6 Å². The molecule has 1 aliphatic heterocycles. The van der Waals surface area contributed by atoms with Crippen LogP contribution in [0.1, 0.15) is 32.6 Å². The fourth-order valence-corrected chi connectivity index (χ4v) is 6.40. The molecule has 0 aliphatic carbocycles. The second kappa shape index (κ2) is 9.65. The molecule has 0 saturated carbocycles. The third-order valence-corrected chi connectivity index (χ3v) is 8.78. The molecule has 12 heteroatoms. The number of sulfonamides is 1. The van der Waals surface area contributed by atoms with Crippen LogP contribution in [0.3, 0.4) is 0 Å². The van der Waals surface area contributed by atoms with Crippen LogP contribution in [0.5, 0.6) is 0 Å². The Morgan fingerprint density at radius 1 is 1.23 bits per heavy atom. The van der Waals surface area contributed by atoms with Crippen LogP contribution in [0.4, 0.5) is 5.69 Å². The SMILES string of the molecule is CCn1c(C(C)N2CCN(S(=O)(=O)c3ccc(Cl)c([N+](=O)[O-])c3)C(C)C2)nc2ccccc2c1=O. The second-order valence-electron chi connectivity index (χ2n) is 8.54. The van der Waals surface area contributed by atoms with Gasteiger partial charge in [-0.05, 0) is 45.0 Å². The first-order valence-electron chi connectivity index (χ1n) is 11.3. The van der Waals surface area contributed by atoms with Crippen LogP contribution in [0.15, 0.2) is 52.2 Å². The predicted octanol–water partition coefficient (Wildman–Crippen LogP) is 3.43. The van der Waals surface area contributed by atoms with Crippen molar-refractivity contribution in [1.29, 1.82) is 0 Å². The van der Waals surface area contributed by atoms with Crippen molar-refractivity contribution in [3.63, 3.8) is 0 Å². The highest BCUT2D eigenvalue weighted by molar-refractivity contribution is 7.89. The van der Waals surface area contributed by atoms with Gasteiger partial charge < -0.3 is 0 Å². The average molecular weight is 520 g/mol. The van der Waals surface area contributed by atoms with Gasteiger partial charge in [0.1, 0.15) is 10.8 Å². The molecule has 186 valence electrons. The lowest BCUT2D eigenvalue weighted by molar-refractivity contribution is -0.384. The summed E-state index contributed by atoms with van der Waals surface area (Å²) >= 11 is 5.85. The monoisotopic (exact) mass is 519 g/mol. The number of aromatic nitrogens is 2. The third kappa shape index (κ3) is 4.56. The number of para-hydroxylation sites is 1. The van der Waals surface area contributed by atoms with Gasteiger partial charge in [-0.15, -0.1) is 0 Å². The van der Waals surface area contributed by atoms with E-state index in [4.69, 9.17) is 16.6 Å². The molecule has 1 saturated heterocycles. The Balaban J connectivity index is 1.61. The number of fused-ring (bicyclic) bond motifs is 1. The molecule has 1 aromatic heterocycles. The fraction of sp³-hybridized carbons (Fsp3) is 0.391. The van der Waals surface area contributed by atoms with E-state index in [0.29, 0.717) is 36.4 Å². The topological polar surface area (TPSA) is 119 Å². The quantitative estimate of drug-likeness (QED) is 0.361. The minimum atomic E-state index is -3.97. The van der Waals surface area contributed by atoms with Gasteiger partial charge in [0.15, 0.2) is 0 Å². The zero-order valence-corrected chi connectivity index (χ0v) is 21.2. The zero-order chi connectivity index (χ0) is 25.5. The molecule has 0 spiro atoms. The molecule has 10 nitrogen and oxygen atoms in total. The summed E-state index contributed by atoms with van der Waals surface area (Å²) in [6.45, 7) is 7.12. The van der Waals surface area contributed by atoms with E-state index >= 15 is 0 Å². The average Bonchev–Trinajstić information content (AvgIpc) is 2.83. The molecule has 0 bridgehead atoms. The molecular formula is C23H26ClN5O5S. The summed E-state index contributed by atoms with van der Waals surface area (Å²) in [5, 5.41) is 11.7. The molecular weight excluding hydrogens is 494 g/mol. The van der Waals surface area contributed by atoms with Crippen molar-refractivity contribution in [1.82, 2.24) is 18.8 Å². The van der Waals surface area contributed by atoms with Crippen LogP contribution >= 0.6 is 11.6 Å². The van der Waals surface area contributed by atoms with Gasteiger partial charge in [0.25, 0.3) is 11.2 Å². The van der Waals surface area contributed by atoms with Gasteiger partial charge in [-0.2, -0.15) is 4.31 Å². The smallest absolute Gasteiger partial charge is 0.289 e. The first-order valence-corrected chi connectivity index (χ1v) is 13.1. The molecule has 2 aromatic carbocycles. The lowest BCUT2D eigenvalue weighted by Crippen LogP contribution is -2.54. The standard InChI is InChI=1S/C23H26ClN5O5S/c1-4-27-22(25-20-8-6-5-7-18(20)23(27)30)16(3)26-11-12-28(15(2)14-26)35(33,34)17-9-10-19(24)21(13-17)29(31)32/h5-10,13,15-16H,4,11-12,14H2,1-3H3. The molecule has 3 aromatic rings. The minimum Gasteiger partial charge on any atom is -0.295 e. The van der Waals surface area contributed by atoms with E-state index < -0.39 is 26.7 Å². The number of rotatable bonds is 6. The van der Waals surface area contributed by atoms with Gasteiger partial charge >= 0.3 is 0 Å². The normalized spacial score (nSPS) is 18.6. The minimum absolute atomic E-state index is 0.0986. The molecule has 1 fully saturated rings. The van der Waals surface area contributed by atoms with Crippen LogP contribution in [0.2, 0.25) is 5.02 Å². The summed E-state index contributed by atoms with van der Waals surface area (Å²) in [6, 6.07) is 10.1. The van der Waals surface area contributed by atoms with E-state index in [0.717, 1.165) is 6.07 Å². The summed E-state index contributed by atoms with van der Waals surface area (Å²) in [4.78, 5) is 30.3. The van der Waals surface area contributed by atoms with Gasteiger partial charge in [-0.3, -0.25) is 24.4 Å². The highest BCUT2D eigenvalue weighted by Gasteiger charge is 2.37. The molecule has 2 atom stereocenters. The van der Waals surface area contributed by atoms with E-state index in [1.54, 1.807) is 17.6 Å². The van der Waals surface area contributed by atoms with Gasteiger partial charge in [0.05, 0.1) is 26.8 Å². The third-order valence-electron chi connectivity index (χ3n) is 6.45. The van der Waals surface area contributed by atoms with Crippen molar-refractivity contribution in [2.24, 2.45) is 0 Å². The molecule has 2 heterocycles. The molecule has 2 unspecified atom stereocenters. The summed E-state index contributed by atoms with van der Waals surface area (Å²) < 4.78 is 29.6. The Bertz CT molecular complexity index is 1460. The number of piperazine rings is 1. The van der Waals surface area contributed by atoms with E-state index in [9.17, 15) is 23.3 Å². The first-order chi connectivity index (χ1) is 16.6. The number of nitro groups is 1. The number of nitrogens with zero attached hydrogens (tertiary/aromatic N) is 5. The van der Waals surface area contributed by atoms with Crippen molar-refractivity contribution in [3.8, 4) is 0 Å². The second-order valence-corrected chi connectivity index (χ2v) is 10.8. The Morgan fingerprint density at radius 2 is 1.94 bits per heavy atom. The predicted molar refractivity (Wildman–Crippen MR) is 133 cm³/mol. The highest BCUT2D eigenvalue weighted by Crippen LogP contribution is 2.31. The summed E-state index contributed by atoms with van der Waals surface area (Å²) in [5.74, 6) is 0.632. The molecule has 0 N–H and O–H groups in total. The maximum Gasteiger partial charge on any atom is 0.289 e. The maximum atomic E-state index is 13.3. The van der Waals surface area contributed by atoms with E-state index in [-0.39, 0.29) is 28.1 Å². The fourth-order valence-electron chi connectivity index (χ4n) is 4.58. The van der Waals surface area contributed by atoms with Gasteiger partial charge in [-0.25, -0.2) is 13.4 Å². The number of halogens is 1. The van der Waals surface area contributed by atoms with E-state index in [1.807, 2.05) is 32.0 Å². The van der Waals surface area contributed by atoms with Crippen LogP contribution in [0.25, 0.3) is 10.9 Å². The number of nitro benzene ring substituents is 1. The van der Waals surface area contributed by atoms with Crippen molar-refractivity contribution in [3.05, 3.63) is 73.8 Å². The largest absolute Gasteiger partial charge is 0.295 e. The van der Waals surface area contributed by atoms with Crippen LogP contribution in [-0.4, -0.2) is 57.8 Å². The Kier molecular flexibility index (Phi) is 6.96. The molecule has 0 amide bonds. The van der Waals surface area contributed by atoms with Crippen molar-refractivity contribution < 1.29 is 13.3 Å². The molecule has 0 radical (unpaired) electrons. The van der Waals surface area contributed by atoms with Gasteiger partial charge in [-0.1, -0.05) is 23.7 Å². The van der Waals surface area contributed by atoms with Crippen LogP contribution < -0.4 is 5.56 Å². The molecule has 1 aliphatic rings. The summed E-state index contributed by atoms with van der Waals surface area (Å²) in [6.07, 6.45) is 0. The lowest BCUT2D eigenvalue weighted by Gasteiger charge is -2.41. The zero-order valence-electron chi connectivity index (χ0n) is 19.6. The molecule has 4 rings (SSSR count). The Labute approximate surface area is 207 Å². The summed E-state index contributed by atoms with van der Waals surface area (Å²) in [7, 11) is -3.97. The van der Waals surface area contributed by atoms with Crippen LogP contribution in [0, 0.1) is 10.1 Å². The van der Waals surface area contributed by atoms with Crippen molar-refractivity contribution >= 4 is 38.2 Å². The number of hydrogen-bond acceptors (Lipinski definition) is 7. The first kappa shape index (κ1) is 25.2. The molecule has 35 heavy (non-hydrogen) atoms. The van der Waals surface area contributed by atoms with Crippen molar-refractivity contribution in [2.75, 3.05) is 19.6 Å². The van der Waals surface area contributed by atoms with Gasteiger partial charge in [0, 0.05) is 38.3 Å². The Morgan fingerprint density at radius 3 is 2.60 bits per heavy atom. The lowest BCUT2D eigenvalue weighted by atomic mass is 10.1. The highest BCUT2D eigenvalue weighted by atomic mass is 35.5. The van der Waals surface area contributed by atoms with E-state index in [1.165, 1.54) is 16.4 Å². The van der Waals surface area contributed by atoms with E-state index in [2.05, 4.69) is 4.90 Å². The summed E-state index contributed by atoms with van der Waals surface area (Å²) in [5.41, 5.74) is 0.0776. The Hall–Kier alpha value is -2.86. The number of benzene rings is 2. The number of hydrogen-bond donors (Lipinski definition) is 0. The van der Waals surface area contributed by atoms with Crippen molar-refractivity contribution in [2.45, 2.75) is 44.3 Å². The maximum absolute atomic E-state index is 13.3. The van der Waals surface area contributed by atoms with Gasteiger partial charge in [0.2, 0.25) is 10.0 Å².